The highest BCUT2D eigenvalue weighted by molar-refractivity contribution is 4.97. The molecule has 1 saturated heterocycles. The van der Waals surface area contributed by atoms with E-state index < -0.39 is 0 Å². The summed E-state index contributed by atoms with van der Waals surface area (Å²) in [6.45, 7) is 4.85. The second-order valence-corrected chi connectivity index (χ2v) is 6.36. The fourth-order valence-electron chi connectivity index (χ4n) is 4.47. The molecule has 2 bridgehead atoms. The largest absolute Gasteiger partial charge is 0.327 e. The van der Waals surface area contributed by atoms with Gasteiger partial charge in [-0.3, -0.25) is 4.90 Å². The van der Waals surface area contributed by atoms with Crippen LogP contribution >= 0.6 is 0 Å². The maximum absolute atomic E-state index is 6.20. The van der Waals surface area contributed by atoms with E-state index in [0.29, 0.717) is 6.04 Å². The van der Waals surface area contributed by atoms with Gasteiger partial charge in [0.25, 0.3) is 0 Å². The molecule has 5 atom stereocenters. The van der Waals surface area contributed by atoms with Crippen molar-refractivity contribution in [3.05, 3.63) is 0 Å². The molecule has 0 aromatic carbocycles. The fraction of sp³-hybridized carbons (Fsp3) is 1.00. The quantitative estimate of drug-likeness (QED) is 0.776. The number of nitrogens with two attached hydrogens (primary N) is 1. The molecule has 0 aromatic rings. The molecule has 2 aliphatic carbocycles. The summed E-state index contributed by atoms with van der Waals surface area (Å²) < 4.78 is 0. The van der Waals surface area contributed by atoms with Crippen LogP contribution in [0.5, 0.6) is 0 Å². The molecule has 0 aromatic heterocycles. The van der Waals surface area contributed by atoms with Crippen LogP contribution in [0.2, 0.25) is 0 Å². The van der Waals surface area contributed by atoms with E-state index in [0.717, 1.165) is 23.8 Å². The van der Waals surface area contributed by atoms with E-state index in [9.17, 15) is 0 Å². The third-order valence-electron chi connectivity index (χ3n) is 5.52. The SMILES string of the molecule is CCC1CN(C2CC3CCC2C3)CCC1N. The Bertz CT molecular complexity index is 253. The summed E-state index contributed by atoms with van der Waals surface area (Å²) in [4.78, 5) is 2.79. The summed E-state index contributed by atoms with van der Waals surface area (Å²) >= 11 is 0. The lowest BCUT2D eigenvalue weighted by molar-refractivity contribution is 0.0767. The minimum Gasteiger partial charge on any atom is -0.327 e. The molecule has 1 aliphatic heterocycles. The van der Waals surface area contributed by atoms with E-state index in [4.69, 9.17) is 5.73 Å². The second-order valence-electron chi connectivity index (χ2n) is 6.36. The average molecular weight is 222 g/mol. The third kappa shape index (κ3) is 1.80. The van der Waals surface area contributed by atoms with Gasteiger partial charge in [-0.2, -0.15) is 0 Å². The zero-order chi connectivity index (χ0) is 11.1. The molecule has 3 fully saturated rings. The number of likely N-dealkylation sites (tertiary alicyclic amines) is 1. The molecular formula is C14H26N2. The van der Waals surface area contributed by atoms with Gasteiger partial charge in [0, 0.05) is 18.6 Å². The van der Waals surface area contributed by atoms with E-state index in [1.165, 1.54) is 51.6 Å². The molecule has 16 heavy (non-hydrogen) atoms. The zero-order valence-corrected chi connectivity index (χ0v) is 10.6. The maximum Gasteiger partial charge on any atom is 0.0126 e. The molecule has 1 heterocycles. The van der Waals surface area contributed by atoms with Gasteiger partial charge in [0.05, 0.1) is 0 Å². The highest BCUT2D eigenvalue weighted by Crippen LogP contribution is 2.47. The molecule has 92 valence electrons. The van der Waals surface area contributed by atoms with Crippen molar-refractivity contribution in [1.29, 1.82) is 0 Å². The second kappa shape index (κ2) is 4.30. The highest BCUT2D eigenvalue weighted by Gasteiger charge is 2.43. The van der Waals surface area contributed by atoms with E-state index in [2.05, 4.69) is 11.8 Å². The zero-order valence-electron chi connectivity index (χ0n) is 10.6. The first-order chi connectivity index (χ1) is 7.78. The minimum atomic E-state index is 0.472. The van der Waals surface area contributed by atoms with Crippen molar-refractivity contribution in [3.63, 3.8) is 0 Å². The van der Waals surface area contributed by atoms with Crippen LogP contribution in [0.25, 0.3) is 0 Å². The van der Waals surface area contributed by atoms with Gasteiger partial charge in [-0.25, -0.2) is 0 Å². The van der Waals surface area contributed by atoms with Crippen LogP contribution in [0.15, 0.2) is 0 Å². The van der Waals surface area contributed by atoms with Gasteiger partial charge in [0.15, 0.2) is 0 Å². The summed E-state index contributed by atoms with van der Waals surface area (Å²) in [5.74, 6) is 2.87. The smallest absolute Gasteiger partial charge is 0.0126 e. The molecule has 0 amide bonds. The van der Waals surface area contributed by atoms with Crippen LogP contribution in [0.1, 0.15) is 45.4 Å². The first-order valence-corrected chi connectivity index (χ1v) is 7.27. The van der Waals surface area contributed by atoms with E-state index in [1.807, 2.05) is 0 Å². The number of nitrogens with zero attached hydrogens (tertiary/aromatic N) is 1. The molecule has 3 rings (SSSR count). The van der Waals surface area contributed by atoms with Crippen molar-refractivity contribution in [2.75, 3.05) is 13.1 Å². The molecule has 2 N–H and O–H groups in total. The van der Waals surface area contributed by atoms with Gasteiger partial charge in [0.1, 0.15) is 0 Å². The molecule has 3 aliphatic rings. The van der Waals surface area contributed by atoms with E-state index >= 15 is 0 Å². The number of piperidine rings is 1. The predicted molar refractivity (Wildman–Crippen MR) is 67.2 cm³/mol. The summed E-state index contributed by atoms with van der Waals surface area (Å²) in [5, 5.41) is 0. The monoisotopic (exact) mass is 222 g/mol. The Morgan fingerprint density at radius 1 is 1.19 bits per heavy atom. The van der Waals surface area contributed by atoms with Gasteiger partial charge in [-0.1, -0.05) is 19.8 Å². The average Bonchev–Trinajstić information content (AvgIpc) is 2.91. The van der Waals surface area contributed by atoms with Crippen LogP contribution in [0, 0.1) is 17.8 Å². The van der Waals surface area contributed by atoms with Crippen molar-refractivity contribution in [2.45, 2.75) is 57.5 Å². The Morgan fingerprint density at radius 3 is 2.69 bits per heavy atom. The summed E-state index contributed by atoms with van der Waals surface area (Å²) in [6.07, 6.45) is 8.55. The standard InChI is InChI=1S/C14H26N2/c1-2-11-9-16(6-5-13(11)15)14-8-10-3-4-12(14)7-10/h10-14H,2-9,15H2,1H3. The first-order valence-electron chi connectivity index (χ1n) is 7.27. The Hall–Kier alpha value is -0.0800. The van der Waals surface area contributed by atoms with Crippen molar-refractivity contribution >= 4 is 0 Å². The van der Waals surface area contributed by atoms with Gasteiger partial charge in [0.2, 0.25) is 0 Å². The first kappa shape index (κ1) is 11.0. The molecule has 0 spiro atoms. The topological polar surface area (TPSA) is 29.3 Å². The lowest BCUT2D eigenvalue weighted by Crippen LogP contribution is -2.51. The summed E-state index contributed by atoms with van der Waals surface area (Å²) in [5.41, 5.74) is 6.20. The van der Waals surface area contributed by atoms with Gasteiger partial charge in [-0.15, -0.1) is 0 Å². The van der Waals surface area contributed by atoms with Crippen LogP contribution in [-0.2, 0) is 0 Å². The Morgan fingerprint density at radius 2 is 2.06 bits per heavy atom. The maximum atomic E-state index is 6.20. The van der Waals surface area contributed by atoms with Gasteiger partial charge < -0.3 is 5.73 Å². The van der Waals surface area contributed by atoms with E-state index in [1.54, 1.807) is 0 Å². The van der Waals surface area contributed by atoms with Gasteiger partial charge in [-0.05, 0) is 50.0 Å². The predicted octanol–water partition coefficient (Wildman–Crippen LogP) is 2.23. The van der Waals surface area contributed by atoms with Crippen molar-refractivity contribution < 1.29 is 0 Å². The molecule has 2 nitrogen and oxygen atoms in total. The van der Waals surface area contributed by atoms with Crippen molar-refractivity contribution in [1.82, 2.24) is 4.90 Å². The van der Waals surface area contributed by atoms with Gasteiger partial charge >= 0.3 is 0 Å². The molecule has 2 heteroatoms. The number of hydrogen-bond acceptors (Lipinski definition) is 2. The normalized spacial score (nSPS) is 48.8. The Labute approximate surface area is 99.6 Å². The van der Waals surface area contributed by atoms with Crippen molar-refractivity contribution in [3.8, 4) is 0 Å². The highest BCUT2D eigenvalue weighted by atomic mass is 15.2. The molecule has 2 saturated carbocycles. The lowest BCUT2D eigenvalue weighted by Gasteiger charge is -2.42. The minimum absolute atomic E-state index is 0.472. The number of hydrogen-bond donors (Lipinski definition) is 1. The molecule has 0 radical (unpaired) electrons. The summed E-state index contributed by atoms with van der Waals surface area (Å²) in [6, 6.07) is 1.40. The lowest BCUT2D eigenvalue weighted by atomic mass is 9.86. The molecular weight excluding hydrogens is 196 g/mol. The Kier molecular flexibility index (Phi) is 2.97. The third-order valence-corrected chi connectivity index (χ3v) is 5.52. The van der Waals surface area contributed by atoms with Crippen LogP contribution in [0.4, 0.5) is 0 Å². The number of fused-ring (bicyclic) bond motifs is 2. The Balaban J connectivity index is 1.63. The number of rotatable bonds is 2. The van der Waals surface area contributed by atoms with Crippen LogP contribution < -0.4 is 5.73 Å². The van der Waals surface area contributed by atoms with Crippen LogP contribution in [-0.4, -0.2) is 30.1 Å². The van der Waals surface area contributed by atoms with Crippen LogP contribution in [0.3, 0.4) is 0 Å². The van der Waals surface area contributed by atoms with E-state index in [-0.39, 0.29) is 0 Å². The van der Waals surface area contributed by atoms with Crippen molar-refractivity contribution in [2.24, 2.45) is 23.5 Å². The molecule has 5 unspecified atom stereocenters. The summed E-state index contributed by atoms with van der Waals surface area (Å²) in [7, 11) is 0. The fourth-order valence-corrected chi connectivity index (χ4v) is 4.47.